The molecule has 0 spiro atoms. The number of likely N-dealkylation sites (N-methyl/N-ethyl adjacent to an activating group) is 1. The van der Waals surface area contributed by atoms with Crippen LogP contribution < -0.4 is 0 Å². The lowest BCUT2D eigenvalue weighted by Gasteiger charge is -2.24. The highest BCUT2D eigenvalue weighted by atomic mass is 31.2. The lowest BCUT2D eigenvalue weighted by Crippen LogP contribution is -2.37. The van der Waals surface area contributed by atoms with Crippen LogP contribution in [0.15, 0.2) is 122 Å². The van der Waals surface area contributed by atoms with Gasteiger partial charge in [0, 0.05) is 12.8 Å². The molecule has 0 saturated heterocycles. The molecular weight excluding hydrogens is 1110 g/mol. The van der Waals surface area contributed by atoms with Crippen LogP contribution in [0.4, 0.5) is 0 Å². The van der Waals surface area contributed by atoms with Crippen LogP contribution in [0, 0.1) is 0 Å². The number of quaternary nitrogens is 1. The van der Waals surface area contributed by atoms with Gasteiger partial charge in [-0.05, 0) is 103 Å². The quantitative estimate of drug-likeness (QED) is 0.0211. The van der Waals surface area contributed by atoms with Crippen molar-refractivity contribution < 1.29 is 42.1 Å². The van der Waals surface area contributed by atoms with E-state index in [4.69, 9.17) is 18.5 Å². The maximum atomic E-state index is 12.9. The molecule has 0 aliphatic heterocycles. The Morgan fingerprint density at radius 2 is 0.614 bits per heavy atom. The van der Waals surface area contributed by atoms with Crippen molar-refractivity contribution in [3.8, 4) is 0 Å². The number of rotatable bonds is 66. The highest BCUT2D eigenvalue weighted by Crippen LogP contribution is 2.43. The second-order valence-electron chi connectivity index (χ2n) is 25.2. The van der Waals surface area contributed by atoms with E-state index in [1.165, 1.54) is 180 Å². The van der Waals surface area contributed by atoms with E-state index in [2.05, 4.69) is 135 Å². The van der Waals surface area contributed by atoms with Crippen LogP contribution in [0.3, 0.4) is 0 Å². The van der Waals surface area contributed by atoms with Gasteiger partial charge in [0.1, 0.15) is 19.8 Å². The van der Waals surface area contributed by atoms with Crippen LogP contribution in [0.2, 0.25) is 0 Å². The molecule has 0 amide bonds. The van der Waals surface area contributed by atoms with Gasteiger partial charge in [0.05, 0.1) is 27.7 Å². The van der Waals surface area contributed by atoms with E-state index in [0.29, 0.717) is 17.4 Å². The van der Waals surface area contributed by atoms with Crippen molar-refractivity contribution in [3.63, 3.8) is 0 Å². The number of hydrogen-bond acceptors (Lipinski definition) is 7. The molecular formula is C78H137NO8P+. The van der Waals surface area contributed by atoms with Gasteiger partial charge in [0.15, 0.2) is 6.10 Å². The minimum absolute atomic E-state index is 0.0289. The summed E-state index contributed by atoms with van der Waals surface area (Å²) >= 11 is 0. The minimum Gasteiger partial charge on any atom is -0.462 e. The highest BCUT2D eigenvalue weighted by Gasteiger charge is 2.27. The summed E-state index contributed by atoms with van der Waals surface area (Å²) < 4.78 is 34.8. The van der Waals surface area contributed by atoms with E-state index < -0.39 is 26.5 Å². The van der Waals surface area contributed by atoms with E-state index in [9.17, 15) is 19.0 Å². The lowest BCUT2D eigenvalue weighted by atomic mass is 10.0. The molecule has 0 aromatic heterocycles. The molecule has 0 saturated carbocycles. The zero-order chi connectivity index (χ0) is 64.1. The van der Waals surface area contributed by atoms with Gasteiger partial charge < -0.3 is 18.9 Å². The maximum Gasteiger partial charge on any atom is 0.472 e. The Hall–Kier alpha value is -3.59. The second-order valence-corrected chi connectivity index (χ2v) is 26.7. The third-order valence-corrected chi connectivity index (χ3v) is 16.5. The van der Waals surface area contributed by atoms with Crippen molar-refractivity contribution >= 4 is 19.8 Å². The fourth-order valence-electron chi connectivity index (χ4n) is 10.0. The molecule has 88 heavy (non-hydrogen) atoms. The van der Waals surface area contributed by atoms with Crippen molar-refractivity contribution in [2.24, 2.45) is 0 Å². The van der Waals surface area contributed by atoms with Crippen LogP contribution >= 0.6 is 7.82 Å². The number of ether oxygens (including phenoxy) is 2. The van der Waals surface area contributed by atoms with Crippen molar-refractivity contribution in [2.75, 3.05) is 47.5 Å². The maximum absolute atomic E-state index is 12.9. The Bertz CT molecular complexity index is 1900. The third kappa shape index (κ3) is 71.5. The number of hydrogen-bond donors (Lipinski definition) is 1. The summed E-state index contributed by atoms with van der Waals surface area (Å²) in [5.41, 5.74) is 0. The molecule has 0 aliphatic rings. The van der Waals surface area contributed by atoms with Gasteiger partial charge in [-0.1, -0.05) is 315 Å². The molecule has 9 nitrogen and oxygen atoms in total. The van der Waals surface area contributed by atoms with Crippen molar-refractivity contribution in [2.45, 2.75) is 315 Å². The normalized spacial score (nSPS) is 13.8. The van der Waals surface area contributed by atoms with E-state index in [1.54, 1.807) is 0 Å². The molecule has 0 aromatic carbocycles. The molecule has 1 N–H and O–H groups in total. The monoisotopic (exact) mass is 1250 g/mol. The Kier molecular flexibility index (Phi) is 65.0. The molecule has 0 rings (SSSR count). The molecule has 0 heterocycles. The number of unbranched alkanes of at least 4 members (excludes halogenated alkanes) is 32. The zero-order valence-corrected chi connectivity index (χ0v) is 58.6. The fraction of sp³-hybridized carbons (Fsp3) is 0.718. The Morgan fingerprint density at radius 3 is 0.909 bits per heavy atom. The Balaban J connectivity index is 4.01. The molecule has 2 atom stereocenters. The molecule has 0 fully saturated rings. The van der Waals surface area contributed by atoms with Gasteiger partial charge in [-0.3, -0.25) is 18.6 Å². The number of nitrogens with zero attached hydrogens (tertiary/aromatic N) is 1. The van der Waals surface area contributed by atoms with Crippen molar-refractivity contribution in [1.29, 1.82) is 0 Å². The van der Waals surface area contributed by atoms with Crippen LogP contribution in [0.25, 0.3) is 0 Å². The summed E-state index contributed by atoms with van der Waals surface area (Å²) in [6.45, 7) is 4.23. The predicted octanol–water partition coefficient (Wildman–Crippen LogP) is 23.8. The summed E-state index contributed by atoms with van der Waals surface area (Å²) in [5, 5.41) is 0. The summed E-state index contributed by atoms with van der Waals surface area (Å²) in [4.78, 5) is 35.9. The first-order valence-electron chi connectivity index (χ1n) is 36.3. The smallest absolute Gasteiger partial charge is 0.462 e. The van der Waals surface area contributed by atoms with Gasteiger partial charge in [-0.15, -0.1) is 0 Å². The summed E-state index contributed by atoms with van der Waals surface area (Å²) in [6, 6.07) is 0. The van der Waals surface area contributed by atoms with Crippen molar-refractivity contribution in [3.05, 3.63) is 122 Å². The molecule has 10 heteroatoms. The van der Waals surface area contributed by atoms with Crippen LogP contribution in [-0.4, -0.2) is 74.9 Å². The number of allylic oxidation sites excluding steroid dienone is 20. The van der Waals surface area contributed by atoms with Gasteiger partial charge in [-0.2, -0.15) is 0 Å². The fourth-order valence-corrected chi connectivity index (χ4v) is 10.8. The highest BCUT2D eigenvalue weighted by molar-refractivity contribution is 7.47. The number of carbonyl (C=O) groups is 2. The first-order chi connectivity index (χ1) is 43.0. The van der Waals surface area contributed by atoms with E-state index >= 15 is 0 Å². The standard InChI is InChI=1S/C78H136NO8P/c1-6-8-10-12-14-16-18-20-22-24-26-28-30-32-34-35-36-37-38-39-40-41-42-43-45-47-49-51-53-55-57-59-61-63-65-67-69-71-78(81)87-76(75-86-88(82,83)85-73-72-79(3,4)5)74-84-77(80)70-68-66-64-62-60-58-56-54-52-50-48-46-44-33-31-29-27-25-23-21-19-17-15-13-11-9-7-2/h8-11,14-17,20-23,26-29,32,34,36-37,76H,6-7,12-13,18-19,24-25,30-31,33,35,38-75H2,1-5H3/p+1/b10-8-,11-9-,16-14-,17-15-,22-20-,23-21-,28-26-,29-27-,34-32-,37-36-. The van der Waals surface area contributed by atoms with Gasteiger partial charge >= 0.3 is 19.8 Å². The summed E-state index contributed by atoms with van der Waals surface area (Å²) in [7, 11) is 1.48. The first kappa shape index (κ1) is 84.4. The largest absolute Gasteiger partial charge is 0.472 e. The zero-order valence-electron chi connectivity index (χ0n) is 57.7. The topological polar surface area (TPSA) is 108 Å². The summed E-state index contributed by atoms with van der Waals surface area (Å²) in [6.07, 6.45) is 97.4. The van der Waals surface area contributed by atoms with Gasteiger partial charge in [0.2, 0.25) is 0 Å². The molecule has 506 valence electrons. The second kappa shape index (κ2) is 67.8. The van der Waals surface area contributed by atoms with E-state index in [1.807, 2.05) is 21.1 Å². The third-order valence-electron chi connectivity index (χ3n) is 15.5. The molecule has 0 aromatic rings. The molecule has 0 bridgehead atoms. The predicted molar refractivity (Wildman–Crippen MR) is 381 cm³/mol. The van der Waals surface area contributed by atoms with Gasteiger partial charge in [0.25, 0.3) is 0 Å². The molecule has 0 radical (unpaired) electrons. The number of phosphoric acid groups is 1. The average Bonchev–Trinajstić information content (AvgIpc) is 3.68. The lowest BCUT2D eigenvalue weighted by molar-refractivity contribution is -0.870. The van der Waals surface area contributed by atoms with E-state index in [0.717, 1.165) is 96.3 Å². The minimum atomic E-state index is -4.40. The van der Waals surface area contributed by atoms with Crippen LogP contribution in [0.1, 0.15) is 309 Å². The number of esters is 2. The van der Waals surface area contributed by atoms with Crippen LogP contribution in [-0.2, 0) is 32.7 Å². The van der Waals surface area contributed by atoms with E-state index in [-0.39, 0.29) is 32.0 Å². The Labute approximate surface area is 543 Å². The van der Waals surface area contributed by atoms with Crippen molar-refractivity contribution in [1.82, 2.24) is 0 Å². The number of carbonyl (C=O) groups excluding carboxylic acids is 2. The average molecular weight is 1250 g/mol. The first-order valence-corrected chi connectivity index (χ1v) is 37.8. The summed E-state index contributed by atoms with van der Waals surface area (Å²) in [5.74, 6) is -0.791. The number of phosphoric ester groups is 1. The SMILES string of the molecule is CC/C=C\C/C=C\C/C=C\C/C=C\C/C=C\C/C=C\CCCCCCCCCCCCCCCCCCCCC(=O)OC(COC(=O)CCCCCCCCCCCCCCCC/C=C\C/C=C\C/C=C\C/C=C\CC)COP(=O)(O)OCC[N+](C)(C)C. The Morgan fingerprint density at radius 1 is 0.352 bits per heavy atom. The van der Waals surface area contributed by atoms with Gasteiger partial charge in [-0.25, -0.2) is 4.57 Å². The molecule has 0 aliphatic carbocycles. The molecule has 2 unspecified atom stereocenters. The van der Waals surface area contributed by atoms with Crippen LogP contribution in [0.5, 0.6) is 0 Å².